The highest BCUT2D eigenvalue weighted by molar-refractivity contribution is 9.11. The van der Waals surface area contributed by atoms with E-state index < -0.39 is 0 Å². The maximum absolute atomic E-state index is 4.50. The number of nitrogens with one attached hydrogen (secondary N) is 1. The van der Waals surface area contributed by atoms with Crippen LogP contribution < -0.4 is 5.32 Å². The van der Waals surface area contributed by atoms with E-state index in [-0.39, 0.29) is 0 Å². The van der Waals surface area contributed by atoms with Crippen LogP contribution in [0.4, 0.5) is 0 Å². The summed E-state index contributed by atoms with van der Waals surface area (Å²) in [5, 5.41) is 4.33. The molecule has 4 heteroatoms. The second-order valence-electron chi connectivity index (χ2n) is 2.54. The lowest BCUT2D eigenvalue weighted by Gasteiger charge is -1.95. The Kier molecular flexibility index (Phi) is 4.18. The minimum absolute atomic E-state index is 0.992. The SMILES string of the molecule is CCc1nc(CCNC)c(Br)s1. The number of thiazole rings is 1. The predicted octanol–water partition coefficient (Wildman–Crippen LogP) is 2.23. The second-order valence-corrected chi connectivity index (χ2v) is 4.94. The molecule has 1 rings (SSSR count). The summed E-state index contributed by atoms with van der Waals surface area (Å²) in [6.45, 7) is 3.12. The summed E-state index contributed by atoms with van der Waals surface area (Å²) in [7, 11) is 1.96. The van der Waals surface area contributed by atoms with Gasteiger partial charge in [0.15, 0.2) is 0 Å². The van der Waals surface area contributed by atoms with Gasteiger partial charge in [-0.1, -0.05) is 6.92 Å². The topological polar surface area (TPSA) is 24.9 Å². The Morgan fingerprint density at radius 1 is 1.58 bits per heavy atom. The molecule has 0 unspecified atom stereocenters. The van der Waals surface area contributed by atoms with E-state index in [0.29, 0.717) is 0 Å². The normalized spacial score (nSPS) is 10.6. The van der Waals surface area contributed by atoms with Crippen LogP contribution >= 0.6 is 27.3 Å². The maximum atomic E-state index is 4.50. The Bertz CT molecular complexity index is 247. The Hall–Kier alpha value is 0.0700. The van der Waals surface area contributed by atoms with Gasteiger partial charge in [0.1, 0.15) is 0 Å². The van der Waals surface area contributed by atoms with E-state index >= 15 is 0 Å². The highest BCUT2D eigenvalue weighted by Crippen LogP contribution is 2.25. The monoisotopic (exact) mass is 248 g/mol. The fourth-order valence-corrected chi connectivity index (χ4v) is 2.55. The third-order valence-electron chi connectivity index (χ3n) is 1.61. The van der Waals surface area contributed by atoms with Crippen molar-refractivity contribution in [2.75, 3.05) is 13.6 Å². The van der Waals surface area contributed by atoms with Gasteiger partial charge in [0.25, 0.3) is 0 Å². The van der Waals surface area contributed by atoms with Crippen LogP contribution in [0.1, 0.15) is 17.6 Å². The fraction of sp³-hybridized carbons (Fsp3) is 0.625. The first kappa shape index (κ1) is 10.2. The van der Waals surface area contributed by atoms with Gasteiger partial charge in [-0.3, -0.25) is 0 Å². The molecule has 2 nitrogen and oxygen atoms in total. The van der Waals surface area contributed by atoms with Crippen LogP contribution in [-0.2, 0) is 12.8 Å². The second kappa shape index (κ2) is 4.94. The first-order chi connectivity index (χ1) is 5.77. The summed E-state index contributed by atoms with van der Waals surface area (Å²) in [6.07, 6.45) is 2.04. The summed E-state index contributed by atoms with van der Waals surface area (Å²) in [5.41, 5.74) is 1.19. The molecule has 0 aliphatic heterocycles. The van der Waals surface area contributed by atoms with Gasteiger partial charge in [0.2, 0.25) is 0 Å². The Balaban J connectivity index is 2.64. The van der Waals surface area contributed by atoms with Gasteiger partial charge in [-0.15, -0.1) is 11.3 Å². The molecule has 0 amide bonds. The lowest BCUT2D eigenvalue weighted by Crippen LogP contribution is -2.10. The zero-order valence-electron chi connectivity index (χ0n) is 7.35. The Labute approximate surface area is 85.5 Å². The van der Waals surface area contributed by atoms with Crippen molar-refractivity contribution in [1.82, 2.24) is 10.3 Å². The molecule has 1 aromatic rings. The Morgan fingerprint density at radius 2 is 2.33 bits per heavy atom. The highest BCUT2D eigenvalue weighted by Gasteiger charge is 2.06. The molecule has 1 aromatic heterocycles. The van der Waals surface area contributed by atoms with Crippen LogP contribution in [0.2, 0.25) is 0 Å². The zero-order chi connectivity index (χ0) is 8.97. The minimum Gasteiger partial charge on any atom is -0.319 e. The molecule has 0 bridgehead atoms. The molecule has 1 heterocycles. The lowest BCUT2D eigenvalue weighted by molar-refractivity contribution is 0.775. The Morgan fingerprint density at radius 3 is 2.83 bits per heavy atom. The van der Waals surface area contributed by atoms with Crippen LogP contribution in [0.5, 0.6) is 0 Å². The van der Waals surface area contributed by atoms with E-state index in [1.54, 1.807) is 11.3 Å². The smallest absolute Gasteiger partial charge is 0.0937 e. The van der Waals surface area contributed by atoms with Gasteiger partial charge in [-0.05, 0) is 29.4 Å². The number of aromatic nitrogens is 1. The van der Waals surface area contributed by atoms with Crippen molar-refractivity contribution < 1.29 is 0 Å². The molecule has 1 N–H and O–H groups in total. The van der Waals surface area contributed by atoms with Gasteiger partial charge in [0.05, 0.1) is 14.5 Å². The van der Waals surface area contributed by atoms with Crippen molar-refractivity contribution in [3.05, 3.63) is 14.5 Å². The van der Waals surface area contributed by atoms with Gasteiger partial charge in [0, 0.05) is 13.0 Å². The number of nitrogens with zero attached hydrogens (tertiary/aromatic N) is 1. The van der Waals surface area contributed by atoms with Crippen LogP contribution in [0.25, 0.3) is 0 Å². The van der Waals surface area contributed by atoms with E-state index in [1.165, 1.54) is 14.5 Å². The van der Waals surface area contributed by atoms with Gasteiger partial charge >= 0.3 is 0 Å². The number of hydrogen-bond acceptors (Lipinski definition) is 3. The van der Waals surface area contributed by atoms with Gasteiger partial charge in [-0.2, -0.15) is 0 Å². The summed E-state index contributed by atoms with van der Waals surface area (Å²) < 4.78 is 1.19. The minimum atomic E-state index is 0.992. The number of likely N-dealkylation sites (N-methyl/N-ethyl adjacent to an activating group) is 1. The van der Waals surface area contributed by atoms with Crippen LogP contribution in [-0.4, -0.2) is 18.6 Å². The summed E-state index contributed by atoms with van der Waals surface area (Å²) >= 11 is 5.26. The average molecular weight is 249 g/mol. The predicted molar refractivity (Wildman–Crippen MR) is 56.8 cm³/mol. The first-order valence-corrected chi connectivity index (χ1v) is 5.67. The summed E-state index contributed by atoms with van der Waals surface area (Å²) in [5.74, 6) is 0. The first-order valence-electron chi connectivity index (χ1n) is 4.06. The highest BCUT2D eigenvalue weighted by atomic mass is 79.9. The van der Waals surface area contributed by atoms with Crippen molar-refractivity contribution in [3.8, 4) is 0 Å². The molecule has 12 heavy (non-hydrogen) atoms. The molecule has 0 saturated heterocycles. The van der Waals surface area contributed by atoms with Crippen LogP contribution in [0.3, 0.4) is 0 Å². The lowest BCUT2D eigenvalue weighted by atomic mass is 10.3. The van der Waals surface area contributed by atoms with Crippen molar-refractivity contribution in [1.29, 1.82) is 0 Å². The van der Waals surface area contributed by atoms with Crippen LogP contribution in [0, 0.1) is 0 Å². The molecule has 0 spiro atoms. The quantitative estimate of drug-likeness (QED) is 0.885. The van der Waals surface area contributed by atoms with E-state index in [1.807, 2.05) is 7.05 Å². The van der Waals surface area contributed by atoms with Crippen molar-refractivity contribution >= 4 is 27.3 Å². The van der Waals surface area contributed by atoms with E-state index in [9.17, 15) is 0 Å². The molecular formula is C8H13BrN2S. The van der Waals surface area contributed by atoms with Crippen molar-refractivity contribution in [3.63, 3.8) is 0 Å². The molecule has 0 aromatic carbocycles. The summed E-state index contributed by atoms with van der Waals surface area (Å²) in [4.78, 5) is 4.50. The molecule has 0 atom stereocenters. The standard InChI is InChI=1S/C8H13BrN2S/c1-3-7-11-6(4-5-10-2)8(9)12-7/h10H,3-5H2,1-2H3. The number of halogens is 1. The van der Waals surface area contributed by atoms with E-state index in [2.05, 4.69) is 33.2 Å². The fourth-order valence-electron chi connectivity index (χ4n) is 0.928. The third kappa shape index (κ3) is 2.54. The van der Waals surface area contributed by atoms with Crippen molar-refractivity contribution in [2.24, 2.45) is 0 Å². The largest absolute Gasteiger partial charge is 0.319 e. The van der Waals surface area contributed by atoms with Gasteiger partial charge < -0.3 is 5.32 Å². The number of hydrogen-bond donors (Lipinski definition) is 1. The molecule has 0 aliphatic carbocycles. The van der Waals surface area contributed by atoms with Crippen molar-refractivity contribution in [2.45, 2.75) is 19.8 Å². The number of aryl methyl sites for hydroxylation is 1. The molecule has 68 valence electrons. The molecular weight excluding hydrogens is 236 g/mol. The molecule has 0 radical (unpaired) electrons. The number of rotatable bonds is 4. The zero-order valence-corrected chi connectivity index (χ0v) is 9.76. The molecule has 0 aliphatic rings. The maximum Gasteiger partial charge on any atom is 0.0937 e. The van der Waals surface area contributed by atoms with E-state index in [0.717, 1.165) is 19.4 Å². The third-order valence-corrected chi connectivity index (χ3v) is 3.58. The van der Waals surface area contributed by atoms with Crippen LogP contribution in [0.15, 0.2) is 3.79 Å². The van der Waals surface area contributed by atoms with Gasteiger partial charge in [-0.25, -0.2) is 4.98 Å². The molecule has 0 fully saturated rings. The summed E-state index contributed by atoms with van der Waals surface area (Å²) in [6, 6.07) is 0. The van der Waals surface area contributed by atoms with E-state index in [4.69, 9.17) is 0 Å². The molecule has 0 saturated carbocycles. The average Bonchev–Trinajstić information content (AvgIpc) is 2.43.